The van der Waals surface area contributed by atoms with Gasteiger partial charge in [0.05, 0.1) is 11.1 Å². The van der Waals surface area contributed by atoms with Crippen molar-refractivity contribution in [3.05, 3.63) is 88.9 Å². The second-order valence-electron chi connectivity index (χ2n) is 5.90. The van der Waals surface area contributed by atoms with Crippen molar-refractivity contribution in [3.8, 4) is 0 Å². The molecule has 0 aliphatic heterocycles. The molecule has 0 fully saturated rings. The van der Waals surface area contributed by atoms with E-state index in [1.165, 1.54) is 29.2 Å². The van der Waals surface area contributed by atoms with Gasteiger partial charge in [-0.05, 0) is 72.8 Å². The van der Waals surface area contributed by atoms with Crippen LogP contribution in [0.1, 0.15) is 11.1 Å². The van der Waals surface area contributed by atoms with Crippen LogP contribution in [0.15, 0.2) is 72.8 Å². The number of hydrogen-bond donors (Lipinski definition) is 0. The molecule has 0 bridgehead atoms. The van der Waals surface area contributed by atoms with Crippen LogP contribution < -0.4 is 4.90 Å². The minimum absolute atomic E-state index is 0.357. The molecule has 0 unspecified atom stereocenters. The van der Waals surface area contributed by atoms with Gasteiger partial charge in [-0.3, -0.25) is 0 Å². The Balaban J connectivity index is 2.06. The second kappa shape index (κ2) is 7.39. The summed E-state index contributed by atoms with van der Waals surface area (Å²) in [6, 6.07) is 15.1. The van der Waals surface area contributed by atoms with Crippen molar-refractivity contribution in [1.29, 1.82) is 0 Å². The van der Waals surface area contributed by atoms with E-state index >= 15 is 0 Å². The molecule has 28 heavy (non-hydrogen) atoms. The van der Waals surface area contributed by atoms with E-state index < -0.39 is 23.5 Å². The highest BCUT2D eigenvalue weighted by Gasteiger charge is 2.31. The summed E-state index contributed by atoms with van der Waals surface area (Å²) >= 11 is 5.88. The third-order valence-electron chi connectivity index (χ3n) is 3.99. The van der Waals surface area contributed by atoms with Crippen LogP contribution in [0.4, 0.5) is 43.4 Å². The molecule has 0 saturated heterocycles. The number of rotatable bonds is 3. The third-order valence-corrected chi connectivity index (χ3v) is 4.24. The summed E-state index contributed by atoms with van der Waals surface area (Å²) in [5.74, 6) is 0. The van der Waals surface area contributed by atoms with Crippen molar-refractivity contribution >= 4 is 28.7 Å². The van der Waals surface area contributed by atoms with Gasteiger partial charge in [-0.2, -0.15) is 26.3 Å². The smallest absolute Gasteiger partial charge is 0.311 e. The van der Waals surface area contributed by atoms with Crippen LogP contribution in [-0.2, 0) is 12.4 Å². The normalized spacial score (nSPS) is 12.1. The molecule has 3 rings (SSSR count). The van der Waals surface area contributed by atoms with Crippen molar-refractivity contribution in [2.24, 2.45) is 0 Å². The molecule has 0 heterocycles. The van der Waals surface area contributed by atoms with Gasteiger partial charge in [0.15, 0.2) is 0 Å². The Morgan fingerprint density at radius 2 is 0.786 bits per heavy atom. The van der Waals surface area contributed by atoms with E-state index in [1.54, 1.807) is 24.3 Å². The summed E-state index contributed by atoms with van der Waals surface area (Å²) in [6.45, 7) is 0. The summed E-state index contributed by atoms with van der Waals surface area (Å²) in [5.41, 5.74) is -0.395. The Hall–Kier alpha value is -2.67. The second-order valence-corrected chi connectivity index (χ2v) is 6.34. The maximum atomic E-state index is 12.8. The maximum Gasteiger partial charge on any atom is 0.416 e. The van der Waals surface area contributed by atoms with Crippen LogP contribution in [0.2, 0.25) is 5.02 Å². The molecule has 8 heteroatoms. The monoisotopic (exact) mass is 415 g/mol. The molecular formula is C20H12ClF6N. The zero-order valence-electron chi connectivity index (χ0n) is 14.0. The van der Waals surface area contributed by atoms with Crippen LogP contribution >= 0.6 is 11.6 Å². The number of nitrogens with zero attached hydrogens (tertiary/aromatic N) is 1. The van der Waals surface area contributed by atoms with E-state index in [9.17, 15) is 26.3 Å². The van der Waals surface area contributed by atoms with Gasteiger partial charge in [0, 0.05) is 22.1 Å². The molecular weight excluding hydrogens is 404 g/mol. The van der Waals surface area contributed by atoms with Crippen molar-refractivity contribution in [2.45, 2.75) is 12.4 Å². The molecule has 0 spiro atoms. The van der Waals surface area contributed by atoms with Gasteiger partial charge < -0.3 is 4.90 Å². The average molecular weight is 416 g/mol. The highest BCUT2D eigenvalue weighted by molar-refractivity contribution is 6.30. The molecule has 146 valence electrons. The fraction of sp³-hybridized carbons (Fsp3) is 0.100. The quantitative estimate of drug-likeness (QED) is 0.394. The summed E-state index contributed by atoms with van der Waals surface area (Å²) in [6.07, 6.45) is -8.98. The highest BCUT2D eigenvalue weighted by Crippen LogP contribution is 2.38. The van der Waals surface area contributed by atoms with Crippen molar-refractivity contribution < 1.29 is 26.3 Å². The number of benzene rings is 3. The van der Waals surface area contributed by atoms with E-state index in [-0.39, 0.29) is 0 Å². The Bertz CT molecular complexity index is 871. The largest absolute Gasteiger partial charge is 0.416 e. The summed E-state index contributed by atoms with van der Waals surface area (Å²) in [4.78, 5) is 1.54. The number of anilines is 3. The molecule has 0 aromatic heterocycles. The summed E-state index contributed by atoms with van der Waals surface area (Å²) in [7, 11) is 0. The fourth-order valence-electron chi connectivity index (χ4n) is 2.64. The first kappa shape index (κ1) is 20.1. The van der Waals surface area contributed by atoms with E-state index in [2.05, 4.69) is 0 Å². The Kier molecular flexibility index (Phi) is 5.30. The maximum absolute atomic E-state index is 12.8. The topological polar surface area (TPSA) is 3.24 Å². The minimum atomic E-state index is -4.49. The van der Waals surface area contributed by atoms with Gasteiger partial charge in [-0.25, -0.2) is 0 Å². The van der Waals surface area contributed by atoms with Gasteiger partial charge in [0.2, 0.25) is 0 Å². The van der Waals surface area contributed by atoms with Gasteiger partial charge in [0.1, 0.15) is 0 Å². The summed E-state index contributed by atoms with van der Waals surface area (Å²) < 4.78 is 77.0. The highest BCUT2D eigenvalue weighted by atomic mass is 35.5. The average Bonchev–Trinajstić information content (AvgIpc) is 2.63. The Morgan fingerprint density at radius 3 is 1.07 bits per heavy atom. The van der Waals surface area contributed by atoms with E-state index in [0.717, 1.165) is 24.3 Å². The van der Waals surface area contributed by atoms with Crippen molar-refractivity contribution in [1.82, 2.24) is 0 Å². The molecule has 0 N–H and O–H groups in total. The molecule has 1 nitrogen and oxygen atoms in total. The van der Waals surface area contributed by atoms with Gasteiger partial charge in [0.25, 0.3) is 0 Å². The lowest BCUT2D eigenvalue weighted by atomic mass is 10.1. The predicted octanol–water partition coefficient (Wildman–Crippen LogP) is 7.85. The van der Waals surface area contributed by atoms with Crippen LogP contribution in [0.25, 0.3) is 0 Å². The van der Waals surface area contributed by atoms with Gasteiger partial charge in [-0.15, -0.1) is 0 Å². The van der Waals surface area contributed by atoms with Crippen LogP contribution in [-0.4, -0.2) is 0 Å². The van der Waals surface area contributed by atoms with Crippen LogP contribution in [0.5, 0.6) is 0 Å². The first-order valence-electron chi connectivity index (χ1n) is 7.96. The summed E-state index contributed by atoms with van der Waals surface area (Å²) in [5, 5.41) is 0.448. The van der Waals surface area contributed by atoms with E-state index in [4.69, 9.17) is 11.6 Å². The lowest BCUT2D eigenvalue weighted by molar-refractivity contribution is -0.138. The first-order valence-corrected chi connectivity index (χ1v) is 8.34. The number of alkyl halides is 6. The van der Waals surface area contributed by atoms with Gasteiger partial charge in [-0.1, -0.05) is 11.6 Å². The molecule has 3 aromatic carbocycles. The lowest BCUT2D eigenvalue weighted by Crippen LogP contribution is -2.12. The minimum Gasteiger partial charge on any atom is -0.311 e. The molecule has 0 radical (unpaired) electrons. The fourth-order valence-corrected chi connectivity index (χ4v) is 2.76. The van der Waals surface area contributed by atoms with Crippen molar-refractivity contribution in [3.63, 3.8) is 0 Å². The van der Waals surface area contributed by atoms with Crippen LogP contribution in [0, 0.1) is 0 Å². The first-order chi connectivity index (χ1) is 13.1. The zero-order chi connectivity index (χ0) is 20.5. The molecule has 0 aliphatic carbocycles. The molecule has 0 saturated carbocycles. The number of halogens is 7. The van der Waals surface area contributed by atoms with E-state index in [1.807, 2.05) is 0 Å². The van der Waals surface area contributed by atoms with Crippen molar-refractivity contribution in [2.75, 3.05) is 4.90 Å². The lowest BCUT2D eigenvalue weighted by Gasteiger charge is -2.26. The zero-order valence-corrected chi connectivity index (χ0v) is 14.8. The Labute approximate surface area is 161 Å². The van der Waals surface area contributed by atoms with Crippen LogP contribution in [0.3, 0.4) is 0 Å². The molecule has 0 atom stereocenters. The van der Waals surface area contributed by atoms with Gasteiger partial charge >= 0.3 is 12.4 Å². The number of hydrogen-bond acceptors (Lipinski definition) is 1. The molecule has 0 aliphatic rings. The predicted molar refractivity (Wildman–Crippen MR) is 96.1 cm³/mol. The third kappa shape index (κ3) is 4.42. The molecule has 3 aromatic rings. The Morgan fingerprint density at radius 1 is 0.500 bits per heavy atom. The standard InChI is InChI=1S/C20H12ClF6N/c21-15-5-11-18(12-6-15)28(16-7-1-13(2-8-16)19(22,23)24)17-9-3-14(4-10-17)20(25,26)27/h1-12H. The molecule has 0 amide bonds. The van der Waals surface area contributed by atoms with E-state index in [0.29, 0.717) is 22.1 Å². The SMILES string of the molecule is FC(F)(F)c1ccc(N(c2ccc(Cl)cc2)c2ccc(C(F)(F)F)cc2)cc1.